The molecule has 7 nitrogen and oxygen atoms in total. The smallest absolute Gasteiger partial charge is 0.348 e. The SMILES string of the molecule is CC1CCC(C(=O)N(c2cc(C(C)(C)C)sc2C(=O)O)[C@H]2CC[C@H](Oc3ncccn3)CC2)CC1. The zero-order chi connectivity index (χ0) is 25.2. The number of carbonyl (C=O) groups is 2. The summed E-state index contributed by atoms with van der Waals surface area (Å²) in [6, 6.07) is 4.05. The fourth-order valence-corrected chi connectivity index (χ4v) is 6.24. The molecule has 8 heteroatoms. The van der Waals surface area contributed by atoms with E-state index in [1.165, 1.54) is 11.3 Å². The van der Waals surface area contributed by atoms with Gasteiger partial charge in [-0.05, 0) is 74.8 Å². The van der Waals surface area contributed by atoms with Gasteiger partial charge in [-0.2, -0.15) is 0 Å². The quantitative estimate of drug-likeness (QED) is 0.517. The van der Waals surface area contributed by atoms with Crippen molar-refractivity contribution in [3.63, 3.8) is 0 Å². The highest BCUT2D eigenvalue weighted by molar-refractivity contribution is 7.14. The maximum absolute atomic E-state index is 14.0. The molecule has 0 radical (unpaired) electrons. The van der Waals surface area contributed by atoms with Gasteiger partial charge in [0.1, 0.15) is 11.0 Å². The Hall–Kier alpha value is -2.48. The van der Waals surface area contributed by atoms with Crippen LogP contribution >= 0.6 is 11.3 Å². The highest BCUT2D eigenvalue weighted by Gasteiger charge is 2.38. The third kappa shape index (κ3) is 6.02. The Morgan fingerprint density at radius 3 is 2.23 bits per heavy atom. The van der Waals surface area contributed by atoms with E-state index >= 15 is 0 Å². The van der Waals surface area contributed by atoms with Gasteiger partial charge in [-0.15, -0.1) is 11.3 Å². The second kappa shape index (κ2) is 10.6. The van der Waals surface area contributed by atoms with Crippen molar-refractivity contribution in [2.45, 2.75) is 96.6 Å². The number of aromatic carboxylic acids is 1. The molecule has 0 spiro atoms. The molecule has 35 heavy (non-hydrogen) atoms. The zero-order valence-electron chi connectivity index (χ0n) is 21.2. The molecule has 0 atom stereocenters. The van der Waals surface area contributed by atoms with Crippen LogP contribution in [0.15, 0.2) is 24.5 Å². The van der Waals surface area contributed by atoms with Gasteiger partial charge >= 0.3 is 12.0 Å². The van der Waals surface area contributed by atoms with Crippen LogP contribution in [0, 0.1) is 11.8 Å². The van der Waals surface area contributed by atoms with Crippen molar-refractivity contribution in [3.05, 3.63) is 34.3 Å². The van der Waals surface area contributed by atoms with E-state index in [4.69, 9.17) is 4.74 Å². The summed E-state index contributed by atoms with van der Waals surface area (Å²) in [5.74, 6) is -0.275. The van der Waals surface area contributed by atoms with Crippen LogP contribution in [-0.4, -0.2) is 39.1 Å². The van der Waals surface area contributed by atoms with Crippen LogP contribution in [0.25, 0.3) is 0 Å². The Balaban J connectivity index is 1.60. The second-order valence-corrected chi connectivity index (χ2v) is 12.2. The third-order valence-electron chi connectivity index (χ3n) is 7.33. The molecule has 2 aliphatic rings. The van der Waals surface area contributed by atoms with E-state index in [1.807, 2.05) is 11.0 Å². The number of carboxylic acid groups (broad SMARTS) is 1. The van der Waals surface area contributed by atoms with Crippen LogP contribution < -0.4 is 9.64 Å². The summed E-state index contributed by atoms with van der Waals surface area (Å²) in [7, 11) is 0. The molecule has 1 N–H and O–H groups in total. The molecular formula is C27H37N3O4S. The van der Waals surface area contributed by atoms with Crippen molar-refractivity contribution in [2.75, 3.05) is 4.90 Å². The highest BCUT2D eigenvalue weighted by atomic mass is 32.1. The Morgan fingerprint density at radius 2 is 1.66 bits per heavy atom. The number of aromatic nitrogens is 2. The molecule has 2 heterocycles. The van der Waals surface area contributed by atoms with Crippen LogP contribution in [0.3, 0.4) is 0 Å². The molecule has 1 amide bonds. The van der Waals surface area contributed by atoms with Crippen LogP contribution in [-0.2, 0) is 10.2 Å². The molecule has 2 aliphatic carbocycles. The lowest BCUT2D eigenvalue weighted by Gasteiger charge is -2.39. The first kappa shape index (κ1) is 25.6. The summed E-state index contributed by atoms with van der Waals surface area (Å²) in [5, 5.41) is 10.1. The Bertz CT molecular complexity index is 1020. The van der Waals surface area contributed by atoms with E-state index in [1.54, 1.807) is 18.5 Å². The van der Waals surface area contributed by atoms with Gasteiger partial charge in [-0.3, -0.25) is 4.79 Å². The molecule has 0 unspecified atom stereocenters. The molecule has 2 aromatic heterocycles. The standard InChI is InChI=1S/C27H37N3O4S/c1-17-6-8-18(9-7-17)24(31)30(21-16-22(27(2,3)4)35-23(21)25(32)33)19-10-12-20(13-11-19)34-26-28-14-5-15-29-26/h5,14-20H,6-13H2,1-4H3,(H,32,33)/t17?,18?,19-,20-. The Labute approximate surface area is 211 Å². The van der Waals surface area contributed by atoms with E-state index < -0.39 is 5.97 Å². The van der Waals surface area contributed by atoms with Crippen LogP contribution in [0.1, 0.15) is 93.6 Å². The number of hydrogen-bond donors (Lipinski definition) is 1. The van der Waals surface area contributed by atoms with Gasteiger partial charge in [0.2, 0.25) is 5.91 Å². The lowest BCUT2D eigenvalue weighted by molar-refractivity contribution is -0.124. The summed E-state index contributed by atoms with van der Waals surface area (Å²) >= 11 is 1.30. The van der Waals surface area contributed by atoms with E-state index in [2.05, 4.69) is 37.7 Å². The number of carboxylic acids is 1. The minimum absolute atomic E-state index is 0.00677. The average molecular weight is 500 g/mol. The summed E-state index contributed by atoms with van der Waals surface area (Å²) in [5.41, 5.74) is 0.385. The molecular weight excluding hydrogens is 462 g/mol. The maximum Gasteiger partial charge on any atom is 0.348 e. The number of thiophene rings is 1. The zero-order valence-corrected chi connectivity index (χ0v) is 22.0. The minimum Gasteiger partial charge on any atom is -0.477 e. The van der Waals surface area contributed by atoms with Crippen molar-refractivity contribution < 1.29 is 19.4 Å². The van der Waals surface area contributed by atoms with Crippen molar-refractivity contribution in [2.24, 2.45) is 11.8 Å². The molecule has 0 saturated heterocycles. The molecule has 190 valence electrons. The first-order valence-electron chi connectivity index (χ1n) is 12.8. The van der Waals surface area contributed by atoms with Crippen molar-refractivity contribution >= 4 is 28.9 Å². The number of ether oxygens (including phenoxy) is 1. The number of anilines is 1. The summed E-state index contributed by atoms with van der Waals surface area (Å²) in [4.78, 5) is 37.7. The van der Waals surface area contributed by atoms with Gasteiger partial charge in [-0.25, -0.2) is 14.8 Å². The van der Waals surface area contributed by atoms with Gasteiger partial charge in [-0.1, -0.05) is 27.7 Å². The third-order valence-corrected chi connectivity index (χ3v) is 8.87. The summed E-state index contributed by atoms with van der Waals surface area (Å²) in [6.07, 6.45) is 10.2. The molecule has 2 aromatic rings. The molecule has 2 saturated carbocycles. The largest absolute Gasteiger partial charge is 0.477 e. The fraction of sp³-hybridized carbons (Fsp3) is 0.630. The van der Waals surface area contributed by atoms with Gasteiger partial charge in [0.05, 0.1) is 5.69 Å². The monoisotopic (exact) mass is 499 g/mol. The lowest BCUT2D eigenvalue weighted by Crippen LogP contribution is -2.47. The first-order chi connectivity index (χ1) is 16.6. The summed E-state index contributed by atoms with van der Waals surface area (Å²) < 4.78 is 5.97. The Morgan fingerprint density at radius 1 is 1.03 bits per heavy atom. The number of rotatable bonds is 6. The van der Waals surface area contributed by atoms with Gasteiger partial charge in [0.15, 0.2) is 0 Å². The van der Waals surface area contributed by atoms with Crippen molar-refractivity contribution in [1.29, 1.82) is 0 Å². The molecule has 2 fully saturated rings. The molecule has 4 rings (SSSR count). The second-order valence-electron chi connectivity index (χ2n) is 11.1. The van der Waals surface area contributed by atoms with Crippen LogP contribution in [0.4, 0.5) is 5.69 Å². The lowest BCUT2D eigenvalue weighted by atomic mass is 9.81. The first-order valence-corrected chi connectivity index (χ1v) is 13.6. The van der Waals surface area contributed by atoms with Gasteiger partial charge in [0, 0.05) is 29.2 Å². The van der Waals surface area contributed by atoms with Gasteiger partial charge in [0.25, 0.3) is 0 Å². The average Bonchev–Trinajstić information content (AvgIpc) is 3.27. The number of hydrogen-bond acceptors (Lipinski definition) is 6. The normalized spacial score (nSPS) is 25.1. The van der Waals surface area contributed by atoms with Gasteiger partial charge < -0.3 is 14.7 Å². The number of amides is 1. The van der Waals surface area contributed by atoms with Crippen molar-refractivity contribution in [1.82, 2.24) is 9.97 Å². The van der Waals surface area contributed by atoms with E-state index in [9.17, 15) is 14.7 Å². The van der Waals surface area contributed by atoms with E-state index in [0.29, 0.717) is 17.6 Å². The highest BCUT2D eigenvalue weighted by Crippen LogP contribution is 2.42. The topological polar surface area (TPSA) is 92.6 Å². The number of nitrogens with zero attached hydrogens (tertiary/aromatic N) is 3. The number of carbonyl (C=O) groups excluding carboxylic acids is 1. The molecule has 0 aliphatic heterocycles. The Kier molecular flexibility index (Phi) is 7.79. The molecule has 0 aromatic carbocycles. The van der Waals surface area contributed by atoms with E-state index in [0.717, 1.165) is 56.2 Å². The summed E-state index contributed by atoms with van der Waals surface area (Å²) in [6.45, 7) is 8.48. The predicted octanol–water partition coefficient (Wildman–Crippen LogP) is 6.08. The minimum atomic E-state index is -0.964. The maximum atomic E-state index is 14.0. The predicted molar refractivity (Wildman–Crippen MR) is 137 cm³/mol. The van der Waals surface area contributed by atoms with Crippen LogP contribution in [0.5, 0.6) is 6.01 Å². The van der Waals surface area contributed by atoms with Crippen molar-refractivity contribution in [3.8, 4) is 6.01 Å². The van der Waals surface area contributed by atoms with E-state index in [-0.39, 0.29) is 34.3 Å². The molecule has 0 bridgehead atoms. The van der Waals surface area contributed by atoms with Crippen LogP contribution in [0.2, 0.25) is 0 Å². The fourth-order valence-electron chi connectivity index (χ4n) is 5.20.